The van der Waals surface area contributed by atoms with Crippen molar-refractivity contribution in [2.45, 2.75) is 83.7 Å². The van der Waals surface area contributed by atoms with Crippen molar-refractivity contribution in [3.8, 4) is 0 Å². The van der Waals surface area contributed by atoms with E-state index in [9.17, 15) is 19.5 Å². The summed E-state index contributed by atoms with van der Waals surface area (Å²) in [4.78, 5) is 37.8. The van der Waals surface area contributed by atoms with E-state index in [2.05, 4.69) is 6.58 Å². The van der Waals surface area contributed by atoms with Gasteiger partial charge in [0, 0.05) is 30.1 Å². The molecule has 2 bridgehead atoms. The van der Waals surface area contributed by atoms with Crippen molar-refractivity contribution in [3.05, 3.63) is 12.2 Å². The van der Waals surface area contributed by atoms with E-state index in [1.165, 1.54) is 6.92 Å². The van der Waals surface area contributed by atoms with Crippen molar-refractivity contribution in [2.24, 2.45) is 22.7 Å². The third-order valence-corrected chi connectivity index (χ3v) is 8.15. The number of carbonyl (C=O) groups excluding carboxylic acids is 3. The Morgan fingerprint density at radius 3 is 2.57 bits per heavy atom. The molecule has 1 N–H and O–H groups in total. The van der Waals surface area contributed by atoms with Gasteiger partial charge in [0.05, 0.1) is 6.10 Å². The first-order valence-corrected chi connectivity index (χ1v) is 10.3. The number of epoxide rings is 1. The molecule has 3 saturated carbocycles. The SMILES string of the molecule is C=C1C(=O)[C@]23O[C@@H]2[C@H]1CCC(=O)[C@]1(C)CC[C@H](OC(C)=O)C(C)(C)[C@H]1C[C@H]3O. The standard InChI is InChI=1S/C22H30O6/c1-11-13-6-7-15(24)21(5)9-8-17(27-12(2)23)20(3,4)14(21)10-16(25)22(18(11)26)19(13)28-22/h13-14,16-17,19,25H,1,6-10H2,2-5H3/t13-,14+,16+,17-,19+,21+,22-/m0/s1. The maximum atomic E-state index is 13.3. The molecule has 4 aliphatic rings. The number of aliphatic hydroxyl groups is 1. The fourth-order valence-electron chi connectivity index (χ4n) is 6.39. The monoisotopic (exact) mass is 390 g/mol. The first-order valence-electron chi connectivity index (χ1n) is 10.3. The molecule has 0 radical (unpaired) electrons. The van der Waals surface area contributed by atoms with Crippen LogP contribution in [0.2, 0.25) is 0 Å². The van der Waals surface area contributed by atoms with E-state index in [-0.39, 0.29) is 48.0 Å². The van der Waals surface area contributed by atoms with E-state index in [0.717, 1.165) is 0 Å². The van der Waals surface area contributed by atoms with Gasteiger partial charge >= 0.3 is 5.97 Å². The summed E-state index contributed by atoms with van der Waals surface area (Å²) >= 11 is 0. The first kappa shape index (κ1) is 19.8. The second kappa shape index (κ2) is 5.99. The largest absolute Gasteiger partial charge is 0.462 e. The van der Waals surface area contributed by atoms with Gasteiger partial charge in [-0.1, -0.05) is 27.4 Å². The Hall–Kier alpha value is -1.53. The predicted octanol–water partition coefficient (Wildman–Crippen LogP) is 2.37. The average molecular weight is 390 g/mol. The maximum absolute atomic E-state index is 13.3. The van der Waals surface area contributed by atoms with E-state index in [4.69, 9.17) is 9.47 Å². The Morgan fingerprint density at radius 1 is 1.25 bits per heavy atom. The highest BCUT2D eigenvalue weighted by Crippen LogP contribution is 2.61. The van der Waals surface area contributed by atoms with Crippen molar-refractivity contribution >= 4 is 17.5 Å². The number of rotatable bonds is 1. The Balaban J connectivity index is 1.74. The fraction of sp³-hybridized carbons (Fsp3) is 0.773. The molecule has 6 heteroatoms. The molecule has 0 spiro atoms. The molecular weight excluding hydrogens is 360 g/mol. The van der Waals surface area contributed by atoms with E-state index in [1.807, 2.05) is 20.8 Å². The molecule has 0 aromatic carbocycles. The van der Waals surface area contributed by atoms with Gasteiger partial charge in [-0.15, -0.1) is 0 Å². The topological polar surface area (TPSA) is 93.2 Å². The van der Waals surface area contributed by atoms with Crippen LogP contribution >= 0.6 is 0 Å². The zero-order valence-electron chi connectivity index (χ0n) is 17.1. The predicted molar refractivity (Wildman–Crippen MR) is 100 cm³/mol. The molecule has 0 amide bonds. The van der Waals surface area contributed by atoms with Crippen LogP contribution < -0.4 is 0 Å². The van der Waals surface area contributed by atoms with Crippen molar-refractivity contribution in [1.82, 2.24) is 0 Å². The molecule has 0 unspecified atom stereocenters. The van der Waals surface area contributed by atoms with Gasteiger partial charge in [-0.05, 0) is 37.2 Å². The zero-order chi connectivity index (χ0) is 20.6. The first-order chi connectivity index (χ1) is 13.0. The summed E-state index contributed by atoms with van der Waals surface area (Å²) in [6.45, 7) is 11.3. The lowest BCUT2D eigenvalue weighted by Gasteiger charge is -2.54. The smallest absolute Gasteiger partial charge is 0.302 e. The van der Waals surface area contributed by atoms with E-state index >= 15 is 0 Å². The highest BCUT2D eigenvalue weighted by atomic mass is 16.6. The second-order valence-electron chi connectivity index (χ2n) is 9.93. The van der Waals surface area contributed by atoms with Gasteiger partial charge < -0.3 is 14.6 Å². The highest BCUT2D eigenvalue weighted by molar-refractivity contribution is 6.08. The van der Waals surface area contributed by atoms with Gasteiger partial charge in [-0.3, -0.25) is 14.4 Å². The van der Waals surface area contributed by atoms with Gasteiger partial charge in [0.1, 0.15) is 18.0 Å². The molecule has 0 aromatic rings. The summed E-state index contributed by atoms with van der Waals surface area (Å²) in [5.74, 6) is -0.826. The summed E-state index contributed by atoms with van der Waals surface area (Å²) in [5.41, 5.74) is -1.86. The molecular formula is C22H30O6. The summed E-state index contributed by atoms with van der Waals surface area (Å²) in [7, 11) is 0. The molecule has 1 heterocycles. The molecule has 28 heavy (non-hydrogen) atoms. The van der Waals surface area contributed by atoms with Crippen LogP contribution in [0.5, 0.6) is 0 Å². The third-order valence-electron chi connectivity index (χ3n) is 8.15. The van der Waals surface area contributed by atoms with Crippen molar-refractivity contribution in [1.29, 1.82) is 0 Å². The van der Waals surface area contributed by atoms with E-state index in [1.54, 1.807) is 0 Å². The minimum Gasteiger partial charge on any atom is -0.462 e. The van der Waals surface area contributed by atoms with Crippen LogP contribution in [0, 0.1) is 22.7 Å². The maximum Gasteiger partial charge on any atom is 0.302 e. The molecule has 3 aliphatic carbocycles. The molecule has 7 atom stereocenters. The summed E-state index contributed by atoms with van der Waals surface area (Å²) in [5, 5.41) is 11.1. The van der Waals surface area contributed by atoms with Crippen molar-refractivity contribution in [2.75, 3.05) is 0 Å². The van der Waals surface area contributed by atoms with E-state index in [0.29, 0.717) is 31.3 Å². The average Bonchev–Trinajstić information content (AvgIpc) is 3.31. The fourth-order valence-corrected chi connectivity index (χ4v) is 6.39. The summed E-state index contributed by atoms with van der Waals surface area (Å²) in [6.07, 6.45) is 0.662. The Labute approximate surface area is 165 Å². The number of Topliss-reactive ketones (excluding diaryl/α,β-unsaturated/α-hetero) is 2. The van der Waals surface area contributed by atoms with Crippen LogP contribution in [-0.4, -0.2) is 46.6 Å². The van der Waals surface area contributed by atoms with Crippen LogP contribution in [0.25, 0.3) is 0 Å². The summed E-state index contributed by atoms with van der Waals surface area (Å²) in [6, 6.07) is 0. The van der Waals surface area contributed by atoms with Gasteiger partial charge in [0.25, 0.3) is 0 Å². The molecule has 6 nitrogen and oxygen atoms in total. The van der Waals surface area contributed by atoms with Crippen LogP contribution in [-0.2, 0) is 23.9 Å². The number of carbonyl (C=O) groups is 3. The van der Waals surface area contributed by atoms with Crippen LogP contribution in [0.15, 0.2) is 12.2 Å². The molecule has 0 aromatic heterocycles. The molecule has 4 rings (SSSR count). The van der Waals surface area contributed by atoms with Gasteiger partial charge in [0.2, 0.25) is 0 Å². The number of ketones is 2. The molecule has 4 fully saturated rings. The van der Waals surface area contributed by atoms with Crippen LogP contribution in [0.3, 0.4) is 0 Å². The minimum absolute atomic E-state index is 0.152. The summed E-state index contributed by atoms with van der Waals surface area (Å²) < 4.78 is 11.4. The number of hydrogen-bond acceptors (Lipinski definition) is 6. The lowest BCUT2D eigenvalue weighted by molar-refractivity contribution is -0.174. The Kier molecular flexibility index (Phi) is 4.23. The number of esters is 1. The normalized spacial score (nSPS) is 47.2. The van der Waals surface area contributed by atoms with E-state index < -0.39 is 22.5 Å². The number of ether oxygens (including phenoxy) is 2. The lowest BCUT2D eigenvalue weighted by Crippen LogP contribution is -2.56. The second-order valence-corrected chi connectivity index (χ2v) is 9.93. The third kappa shape index (κ3) is 2.43. The minimum atomic E-state index is -1.19. The van der Waals surface area contributed by atoms with Gasteiger partial charge in [-0.25, -0.2) is 0 Å². The Bertz CT molecular complexity index is 769. The molecule has 1 saturated heterocycles. The zero-order valence-corrected chi connectivity index (χ0v) is 17.1. The van der Waals surface area contributed by atoms with Crippen molar-refractivity contribution < 1.29 is 29.0 Å². The number of aliphatic hydroxyl groups excluding tert-OH is 1. The van der Waals surface area contributed by atoms with Crippen LogP contribution in [0.4, 0.5) is 0 Å². The number of hydrogen-bond donors (Lipinski definition) is 1. The van der Waals surface area contributed by atoms with Gasteiger partial charge in [0.15, 0.2) is 11.4 Å². The van der Waals surface area contributed by atoms with Crippen LogP contribution in [0.1, 0.15) is 59.8 Å². The lowest BCUT2D eigenvalue weighted by atomic mass is 9.51. The highest BCUT2D eigenvalue weighted by Gasteiger charge is 2.75. The molecule has 1 aliphatic heterocycles. The molecule has 154 valence electrons. The van der Waals surface area contributed by atoms with Crippen molar-refractivity contribution in [3.63, 3.8) is 0 Å². The quantitative estimate of drug-likeness (QED) is 0.420. The van der Waals surface area contributed by atoms with Gasteiger partial charge in [-0.2, -0.15) is 0 Å². The Morgan fingerprint density at radius 2 is 1.93 bits per heavy atom. The number of fused-ring (bicyclic) bond motifs is 1.